The van der Waals surface area contributed by atoms with E-state index < -0.39 is 0 Å². The van der Waals surface area contributed by atoms with Gasteiger partial charge in [-0.25, -0.2) is 4.52 Å². The van der Waals surface area contributed by atoms with E-state index in [4.69, 9.17) is 0 Å². The zero-order valence-electron chi connectivity index (χ0n) is 6.23. The van der Waals surface area contributed by atoms with E-state index in [0.717, 1.165) is 0 Å². The van der Waals surface area contributed by atoms with Gasteiger partial charge in [-0.3, -0.25) is 0 Å². The van der Waals surface area contributed by atoms with Crippen LogP contribution >= 0.6 is 0 Å². The van der Waals surface area contributed by atoms with E-state index in [9.17, 15) is 0 Å². The molecule has 0 saturated carbocycles. The maximum Gasteiger partial charge on any atom is 0.0690 e. The second-order valence-corrected chi connectivity index (χ2v) is 2.36. The second kappa shape index (κ2) is 3.12. The van der Waals surface area contributed by atoms with Crippen LogP contribution in [0.15, 0.2) is 30.6 Å². The van der Waals surface area contributed by atoms with Crippen molar-refractivity contribution in [3.05, 3.63) is 36.2 Å². The topological polar surface area (TPSA) is 17.3 Å². The van der Waals surface area contributed by atoms with Crippen LogP contribution in [0, 0.1) is 6.92 Å². The van der Waals surface area contributed by atoms with Crippen molar-refractivity contribution < 1.29 is 18.6 Å². The minimum atomic E-state index is 0. The minimum Gasteiger partial charge on any atom is -0.241 e. The average Bonchev–Trinajstić information content (AvgIpc) is 2.34. The van der Waals surface area contributed by atoms with Gasteiger partial charge in [0, 0.05) is 24.8 Å². The number of aryl methyl sites for hydroxylation is 1. The van der Waals surface area contributed by atoms with Gasteiger partial charge in [0.25, 0.3) is 0 Å². The summed E-state index contributed by atoms with van der Waals surface area (Å²) in [7, 11) is 0. The van der Waals surface area contributed by atoms with Crippen molar-refractivity contribution in [3.8, 4) is 0 Å². The Labute approximate surface area is 77.1 Å². The van der Waals surface area contributed by atoms with Crippen LogP contribution in [0.3, 0.4) is 0 Å². The van der Waals surface area contributed by atoms with Crippen LogP contribution in [0.5, 0.6) is 0 Å². The molecule has 2 aromatic heterocycles. The quantitative estimate of drug-likeness (QED) is 0.606. The van der Waals surface area contributed by atoms with E-state index in [1.807, 2.05) is 29.0 Å². The van der Waals surface area contributed by atoms with E-state index in [0.29, 0.717) is 0 Å². The maximum atomic E-state index is 4.13. The van der Waals surface area contributed by atoms with Gasteiger partial charge in [0.2, 0.25) is 0 Å². The molecule has 55 valence electrons. The van der Waals surface area contributed by atoms with Crippen LogP contribution in [-0.2, 0) is 18.6 Å². The van der Waals surface area contributed by atoms with Gasteiger partial charge < -0.3 is 0 Å². The number of hydrogen-bond acceptors (Lipinski definition) is 1. The summed E-state index contributed by atoms with van der Waals surface area (Å²) < 4.78 is 1.87. The molecule has 3 heteroatoms. The Morgan fingerprint density at radius 3 is 2.91 bits per heavy atom. The first-order valence-electron chi connectivity index (χ1n) is 3.27. The second-order valence-electron chi connectivity index (χ2n) is 2.36. The van der Waals surface area contributed by atoms with E-state index in [-0.39, 0.29) is 18.6 Å². The summed E-state index contributed by atoms with van der Waals surface area (Å²) in [4.78, 5) is 0. The molecule has 2 aromatic rings. The Kier molecular flexibility index (Phi) is 2.37. The van der Waals surface area contributed by atoms with Gasteiger partial charge in [-0.15, -0.1) is 0 Å². The zero-order chi connectivity index (χ0) is 6.97. The van der Waals surface area contributed by atoms with Gasteiger partial charge in [0.05, 0.1) is 11.7 Å². The Morgan fingerprint density at radius 1 is 1.36 bits per heavy atom. The molecule has 1 radical (unpaired) electrons. The molecule has 0 spiro atoms. The van der Waals surface area contributed by atoms with Gasteiger partial charge in [-0.1, -0.05) is 6.07 Å². The maximum absolute atomic E-state index is 4.13. The first-order chi connectivity index (χ1) is 4.88. The summed E-state index contributed by atoms with van der Waals surface area (Å²) in [5, 5.41) is 4.13. The fourth-order valence-corrected chi connectivity index (χ4v) is 1.06. The monoisotopic (exact) mass is 183 g/mol. The fraction of sp³-hybridized carbons (Fsp3) is 0.125. The molecular weight excluding hydrogens is 175 g/mol. The number of rotatable bonds is 0. The third-order valence-electron chi connectivity index (χ3n) is 1.62. The molecule has 0 atom stereocenters. The normalized spacial score (nSPS) is 9.55. The fourth-order valence-electron chi connectivity index (χ4n) is 1.06. The van der Waals surface area contributed by atoms with Gasteiger partial charge in [0.1, 0.15) is 0 Å². The van der Waals surface area contributed by atoms with Crippen molar-refractivity contribution in [2.24, 2.45) is 0 Å². The molecule has 0 amide bonds. The van der Waals surface area contributed by atoms with Crippen LogP contribution in [0.4, 0.5) is 0 Å². The number of nitrogens with zero attached hydrogens (tertiary/aromatic N) is 2. The molecule has 2 nitrogen and oxygen atoms in total. The molecule has 0 bridgehead atoms. The van der Waals surface area contributed by atoms with E-state index in [1.165, 1.54) is 11.1 Å². The van der Waals surface area contributed by atoms with Crippen molar-refractivity contribution in [2.45, 2.75) is 6.92 Å². The Balaban J connectivity index is 0.000000605. The zero-order valence-corrected chi connectivity index (χ0v) is 7.63. The van der Waals surface area contributed by atoms with E-state index >= 15 is 0 Å². The molecule has 0 aliphatic carbocycles. The first kappa shape index (κ1) is 8.37. The largest absolute Gasteiger partial charge is 0.241 e. The van der Waals surface area contributed by atoms with Gasteiger partial charge in [-0.05, 0) is 24.6 Å². The van der Waals surface area contributed by atoms with Crippen LogP contribution in [0.1, 0.15) is 5.56 Å². The number of hydrogen-bond donors (Lipinski definition) is 0. The Bertz CT molecular complexity index is 354. The van der Waals surface area contributed by atoms with Gasteiger partial charge >= 0.3 is 0 Å². The average molecular weight is 183 g/mol. The standard InChI is InChI=1S/C8H8N2.V/c1-7-6-9-10-5-3-2-4-8(7)10;/h2-6H,1H3;. The van der Waals surface area contributed by atoms with Crippen molar-refractivity contribution in [1.29, 1.82) is 0 Å². The molecule has 0 aliphatic heterocycles. The molecule has 11 heavy (non-hydrogen) atoms. The number of aromatic nitrogens is 2. The molecule has 2 rings (SSSR count). The SMILES string of the molecule is Cc1cnn2ccccc12.[V]. The van der Waals surface area contributed by atoms with Gasteiger partial charge in [-0.2, -0.15) is 5.10 Å². The predicted octanol–water partition coefficient (Wildman–Crippen LogP) is 1.64. The van der Waals surface area contributed by atoms with Crippen LogP contribution in [-0.4, -0.2) is 9.61 Å². The molecule has 0 saturated heterocycles. The molecule has 0 aromatic carbocycles. The third kappa shape index (κ3) is 1.32. The molecule has 0 unspecified atom stereocenters. The van der Waals surface area contributed by atoms with E-state index in [2.05, 4.69) is 18.1 Å². The predicted molar refractivity (Wildman–Crippen MR) is 39.9 cm³/mol. The Morgan fingerprint density at radius 2 is 2.18 bits per heavy atom. The summed E-state index contributed by atoms with van der Waals surface area (Å²) in [5.74, 6) is 0. The smallest absolute Gasteiger partial charge is 0.0690 e. The number of fused-ring (bicyclic) bond motifs is 1. The Hall–Kier alpha value is -0.726. The van der Waals surface area contributed by atoms with Crippen molar-refractivity contribution >= 4 is 5.52 Å². The third-order valence-corrected chi connectivity index (χ3v) is 1.62. The van der Waals surface area contributed by atoms with Crippen molar-refractivity contribution in [1.82, 2.24) is 9.61 Å². The summed E-state index contributed by atoms with van der Waals surface area (Å²) >= 11 is 0. The number of pyridine rings is 1. The summed E-state index contributed by atoms with van der Waals surface area (Å²) in [6.45, 7) is 2.06. The molecule has 0 N–H and O–H groups in total. The first-order valence-corrected chi connectivity index (χ1v) is 3.27. The molecule has 0 aliphatic rings. The molecular formula is C8H8N2V. The summed E-state index contributed by atoms with van der Waals surface area (Å²) in [6.07, 6.45) is 3.82. The van der Waals surface area contributed by atoms with Crippen LogP contribution in [0.25, 0.3) is 5.52 Å². The van der Waals surface area contributed by atoms with Crippen LogP contribution in [0.2, 0.25) is 0 Å². The minimum absolute atomic E-state index is 0. The van der Waals surface area contributed by atoms with Crippen molar-refractivity contribution in [3.63, 3.8) is 0 Å². The summed E-state index contributed by atoms with van der Waals surface area (Å²) in [5.41, 5.74) is 2.41. The van der Waals surface area contributed by atoms with Crippen LogP contribution < -0.4 is 0 Å². The van der Waals surface area contributed by atoms with Gasteiger partial charge in [0.15, 0.2) is 0 Å². The molecule has 2 heterocycles. The molecule has 0 fully saturated rings. The van der Waals surface area contributed by atoms with E-state index in [1.54, 1.807) is 0 Å². The summed E-state index contributed by atoms with van der Waals surface area (Å²) in [6, 6.07) is 6.05. The van der Waals surface area contributed by atoms with Crippen molar-refractivity contribution in [2.75, 3.05) is 0 Å².